The normalized spacial score (nSPS) is 21.3. The van der Waals surface area contributed by atoms with Crippen molar-refractivity contribution in [2.45, 2.75) is 65.0 Å². The van der Waals surface area contributed by atoms with Gasteiger partial charge in [0.05, 0.1) is 6.04 Å². The molecule has 4 heterocycles. The van der Waals surface area contributed by atoms with Crippen LogP contribution in [0, 0.1) is 5.92 Å². The molecule has 8 heteroatoms. The van der Waals surface area contributed by atoms with Gasteiger partial charge in [0.25, 0.3) is 5.56 Å². The number of nitrogens with zero attached hydrogens (tertiary/aromatic N) is 6. The summed E-state index contributed by atoms with van der Waals surface area (Å²) in [6.45, 7) is 7.91. The maximum absolute atomic E-state index is 12.6. The molecular weight excluding hydrogens is 390 g/mol. The van der Waals surface area contributed by atoms with E-state index in [9.17, 15) is 4.79 Å². The van der Waals surface area contributed by atoms with Crippen molar-refractivity contribution < 1.29 is 0 Å². The van der Waals surface area contributed by atoms with E-state index in [1.54, 1.807) is 6.07 Å². The third kappa shape index (κ3) is 4.83. The number of aromatic nitrogens is 4. The number of fused-ring (bicyclic) bond motifs is 1. The second-order valence-corrected chi connectivity index (χ2v) is 8.94. The van der Waals surface area contributed by atoms with Crippen LogP contribution >= 0.6 is 0 Å². The Morgan fingerprint density at radius 2 is 1.94 bits per heavy atom. The quantitative estimate of drug-likeness (QED) is 0.759. The lowest BCUT2D eigenvalue weighted by Crippen LogP contribution is -2.34. The number of piperidine rings is 1. The molecule has 8 nitrogen and oxygen atoms in total. The molecule has 2 atom stereocenters. The Morgan fingerprint density at radius 1 is 1.13 bits per heavy atom. The first-order valence-corrected chi connectivity index (χ1v) is 11.7. The van der Waals surface area contributed by atoms with E-state index in [-0.39, 0.29) is 11.6 Å². The van der Waals surface area contributed by atoms with E-state index in [1.807, 2.05) is 17.7 Å². The molecule has 168 valence electrons. The summed E-state index contributed by atoms with van der Waals surface area (Å²) in [5.74, 6) is 2.51. The highest BCUT2D eigenvalue weighted by Crippen LogP contribution is 2.33. The van der Waals surface area contributed by atoms with Crippen LogP contribution in [-0.2, 0) is 6.54 Å². The predicted octanol–water partition coefficient (Wildman–Crippen LogP) is 3.45. The van der Waals surface area contributed by atoms with Gasteiger partial charge >= 0.3 is 0 Å². The highest BCUT2D eigenvalue weighted by atomic mass is 16.1. The second-order valence-electron chi connectivity index (χ2n) is 8.94. The third-order valence-electron chi connectivity index (χ3n) is 6.42. The van der Waals surface area contributed by atoms with Crippen molar-refractivity contribution >= 4 is 17.8 Å². The van der Waals surface area contributed by atoms with Gasteiger partial charge in [-0.1, -0.05) is 19.9 Å². The lowest BCUT2D eigenvalue weighted by atomic mass is 10.0. The molecule has 0 amide bonds. The Hall–Kier alpha value is -2.64. The van der Waals surface area contributed by atoms with E-state index in [0.29, 0.717) is 17.8 Å². The highest BCUT2D eigenvalue weighted by Gasteiger charge is 2.28. The van der Waals surface area contributed by atoms with E-state index in [2.05, 4.69) is 35.0 Å². The molecule has 1 N–H and O–H groups in total. The van der Waals surface area contributed by atoms with Crippen LogP contribution in [0.1, 0.15) is 64.1 Å². The fourth-order valence-corrected chi connectivity index (χ4v) is 4.61. The zero-order valence-corrected chi connectivity index (χ0v) is 19.0. The summed E-state index contributed by atoms with van der Waals surface area (Å²) in [4.78, 5) is 31.4. The molecule has 0 bridgehead atoms. The van der Waals surface area contributed by atoms with E-state index < -0.39 is 0 Å². The van der Waals surface area contributed by atoms with Crippen LogP contribution in [0.5, 0.6) is 0 Å². The zero-order chi connectivity index (χ0) is 21.8. The molecule has 2 unspecified atom stereocenters. The second kappa shape index (κ2) is 9.66. The van der Waals surface area contributed by atoms with Crippen molar-refractivity contribution in [3.05, 3.63) is 34.2 Å². The monoisotopic (exact) mass is 425 g/mol. The third-order valence-corrected chi connectivity index (χ3v) is 6.42. The number of pyridine rings is 1. The molecule has 1 saturated heterocycles. The number of rotatable bonds is 6. The van der Waals surface area contributed by atoms with Gasteiger partial charge in [-0.25, -0.2) is 0 Å². The Bertz CT molecular complexity index is 938. The molecule has 2 aliphatic heterocycles. The summed E-state index contributed by atoms with van der Waals surface area (Å²) < 4.78 is 1.93. The van der Waals surface area contributed by atoms with E-state index in [0.717, 1.165) is 57.1 Å². The van der Waals surface area contributed by atoms with Gasteiger partial charge in [0.2, 0.25) is 17.8 Å². The van der Waals surface area contributed by atoms with Gasteiger partial charge in [0.1, 0.15) is 0 Å². The number of anilines is 3. The summed E-state index contributed by atoms with van der Waals surface area (Å²) in [6.07, 6.45) is 6.63. The number of hydrogen-bond donors (Lipinski definition) is 1. The van der Waals surface area contributed by atoms with Gasteiger partial charge in [0.15, 0.2) is 0 Å². The minimum Gasteiger partial charge on any atom is -0.354 e. The highest BCUT2D eigenvalue weighted by molar-refractivity contribution is 5.46. The minimum absolute atomic E-state index is 0.0504. The van der Waals surface area contributed by atoms with Gasteiger partial charge in [-0.05, 0) is 50.5 Å². The number of hydrogen-bond acceptors (Lipinski definition) is 7. The van der Waals surface area contributed by atoms with Crippen LogP contribution in [0.15, 0.2) is 23.0 Å². The molecule has 4 rings (SSSR count). The van der Waals surface area contributed by atoms with Gasteiger partial charge in [-0.3, -0.25) is 4.79 Å². The maximum atomic E-state index is 12.6. The molecule has 31 heavy (non-hydrogen) atoms. The van der Waals surface area contributed by atoms with Crippen LogP contribution in [0.4, 0.5) is 17.8 Å². The molecule has 0 aromatic carbocycles. The van der Waals surface area contributed by atoms with Crippen molar-refractivity contribution in [2.75, 3.05) is 41.8 Å². The SMILES string of the molecule is CCCNc1nc(N2CCCCC2)nc(N(C)C2CCC(C)Cn3c2cccc3=O)n1. The summed E-state index contributed by atoms with van der Waals surface area (Å²) >= 11 is 0. The molecule has 2 aliphatic rings. The summed E-state index contributed by atoms with van der Waals surface area (Å²) in [5.41, 5.74) is 1.11. The molecule has 2 aromatic rings. The van der Waals surface area contributed by atoms with E-state index in [1.165, 1.54) is 19.3 Å². The summed E-state index contributed by atoms with van der Waals surface area (Å²) in [5, 5.41) is 3.35. The first-order valence-electron chi connectivity index (χ1n) is 11.7. The average Bonchev–Trinajstić information content (AvgIpc) is 2.97. The first-order chi connectivity index (χ1) is 15.1. The van der Waals surface area contributed by atoms with Crippen molar-refractivity contribution in [3.8, 4) is 0 Å². The topological polar surface area (TPSA) is 79.2 Å². The number of nitrogens with one attached hydrogen (secondary N) is 1. The van der Waals surface area contributed by atoms with Crippen LogP contribution < -0.4 is 20.7 Å². The van der Waals surface area contributed by atoms with Crippen LogP contribution in [0.2, 0.25) is 0 Å². The van der Waals surface area contributed by atoms with E-state index in [4.69, 9.17) is 15.0 Å². The van der Waals surface area contributed by atoms with Gasteiger partial charge in [-0.15, -0.1) is 0 Å². The Labute approximate surface area is 184 Å². The van der Waals surface area contributed by atoms with Gasteiger partial charge in [0, 0.05) is 45.0 Å². The molecule has 0 aliphatic carbocycles. The average molecular weight is 426 g/mol. The zero-order valence-electron chi connectivity index (χ0n) is 19.0. The Morgan fingerprint density at radius 3 is 2.71 bits per heavy atom. The maximum Gasteiger partial charge on any atom is 0.250 e. The lowest BCUT2D eigenvalue weighted by Gasteiger charge is -2.31. The van der Waals surface area contributed by atoms with Crippen LogP contribution in [0.25, 0.3) is 0 Å². The lowest BCUT2D eigenvalue weighted by molar-refractivity contribution is 0.451. The first kappa shape index (κ1) is 21.6. The van der Waals surface area contributed by atoms with Gasteiger partial charge in [-0.2, -0.15) is 15.0 Å². The minimum atomic E-state index is 0.0504. The Kier molecular flexibility index (Phi) is 6.73. The van der Waals surface area contributed by atoms with Crippen molar-refractivity contribution in [2.24, 2.45) is 5.92 Å². The molecule has 0 radical (unpaired) electrons. The molecule has 0 spiro atoms. The van der Waals surface area contributed by atoms with Crippen molar-refractivity contribution in [1.29, 1.82) is 0 Å². The van der Waals surface area contributed by atoms with Crippen molar-refractivity contribution in [3.63, 3.8) is 0 Å². The Balaban J connectivity index is 1.71. The molecule has 1 fully saturated rings. The van der Waals surface area contributed by atoms with E-state index >= 15 is 0 Å². The molecule has 0 saturated carbocycles. The van der Waals surface area contributed by atoms with Crippen LogP contribution in [0.3, 0.4) is 0 Å². The molecular formula is C23H35N7O. The summed E-state index contributed by atoms with van der Waals surface area (Å²) in [7, 11) is 2.04. The van der Waals surface area contributed by atoms with Crippen molar-refractivity contribution in [1.82, 2.24) is 19.5 Å². The standard InChI is InChI=1S/C23H35N7O/c1-4-13-24-21-25-22(27-23(26-21)29-14-6-5-7-15-29)28(3)18-12-11-17(2)16-30-19(18)9-8-10-20(30)31/h8-10,17-18H,4-7,11-16H2,1-3H3,(H,24,25,26,27). The predicted molar refractivity (Wildman–Crippen MR) is 125 cm³/mol. The van der Waals surface area contributed by atoms with Gasteiger partial charge < -0.3 is 19.7 Å². The largest absolute Gasteiger partial charge is 0.354 e. The van der Waals surface area contributed by atoms with Crippen LogP contribution in [-0.4, -0.2) is 46.2 Å². The summed E-state index contributed by atoms with van der Waals surface area (Å²) in [6, 6.07) is 5.65. The molecule has 2 aromatic heterocycles. The smallest absolute Gasteiger partial charge is 0.250 e. The fourth-order valence-electron chi connectivity index (χ4n) is 4.61. The fraction of sp³-hybridized carbons (Fsp3) is 0.652.